The lowest BCUT2D eigenvalue weighted by Gasteiger charge is -2.35. The van der Waals surface area contributed by atoms with Crippen molar-refractivity contribution in [1.82, 2.24) is 15.1 Å². The number of amides is 3. The monoisotopic (exact) mass is 498 g/mol. The minimum Gasteiger partial charge on any atom is -0.497 e. The van der Waals surface area contributed by atoms with Crippen molar-refractivity contribution in [2.75, 3.05) is 51.7 Å². The van der Waals surface area contributed by atoms with Gasteiger partial charge in [0.05, 0.1) is 20.3 Å². The van der Waals surface area contributed by atoms with Gasteiger partial charge < -0.3 is 29.7 Å². The fourth-order valence-corrected chi connectivity index (χ4v) is 3.73. The van der Waals surface area contributed by atoms with E-state index in [2.05, 4.69) is 15.5 Å². The number of ether oxygens (including phenoxy) is 3. The number of hydrogen-bond acceptors (Lipinski definition) is 6. The number of anilines is 1. The lowest BCUT2D eigenvalue weighted by atomic mass is 10.2. The van der Waals surface area contributed by atoms with E-state index >= 15 is 0 Å². The van der Waals surface area contributed by atoms with Gasteiger partial charge in [-0.2, -0.15) is 0 Å². The number of carbonyl (C=O) groups is 2. The molecule has 0 saturated carbocycles. The van der Waals surface area contributed by atoms with Gasteiger partial charge >= 0.3 is 12.1 Å². The summed E-state index contributed by atoms with van der Waals surface area (Å²) in [6.07, 6.45) is -0.270. The third-order valence-corrected chi connectivity index (χ3v) is 5.62. The molecule has 2 aromatic rings. The minimum atomic E-state index is -0.491. The summed E-state index contributed by atoms with van der Waals surface area (Å²) in [6, 6.07) is 15.1. The van der Waals surface area contributed by atoms with E-state index in [4.69, 9.17) is 14.2 Å². The van der Waals surface area contributed by atoms with E-state index in [1.165, 1.54) is 0 Å². The lowest BCUT2D eigenvalue weighted by molar-refractivity contribution is 0.0147. The predicted molar refractivity (Wildman–Crippen MR) is 139 cm³/mol. The number of hydrogen-bond donors (Lipinski definition) is 2. The van der Waals surface area contributed by atoms with E-state index in [1.54, 1.807) is 12.0 Å². The molecule has 9 heteroatoms. The van der Waals surface area contributed by atoms with Gasteiger partial charge in [0.2, 0.25) is 0 Å². The van der Waals surface area contributed by atoms with Crippen molar-refractivity contribution in [2.45, 2.75) is 39.6 Å². The average Bonchev–Trinajstić information content (AvgIpc) is 2.84. The lowest BCUT2D eigenvalue weighted by Crippen LogP contribution is -2.51. The van der Waals surface area contributed by atoms with Gasteiger partial charge in [-0.3, -0.25) is 4.90 Å². The third kappa shape index (κ3) is 9.39. The van der Waals surface area contributed by atoms with Crippen LogP contribution in [0.1, 0.15) is 31.9 Å². The smallest absolute Gasteiger partial charge is 0.410 e. The highest BCUT2D eigenvalue weighted by Crippen LogP contribution is 2.15. The normalized spacial score (nSPS) is 14.3. The van der Waals surface area contributed by atoms with Gasteiger partial charge in [-0.05, 0) is 56.2 Å². The molecule has 3 amide bonds. The van der Waals surface area contributed by atoms with Crippen molar-refractivity contribution < 1.29 is 23.8 Å². The Kier molecular flexibility index (Phi) is 9.95. The van der Waals surface area contributed by atoms with E-state index in [9.17, 15) is 9.59 Å². The number of methoxy groups -OCH3 is 1. The van der Waals surface area contributed by atoms with E-state index < -0.39 is 5.60 Å². The molecule has 9 nitrogen and oxygen atoms in total. The zero-order valence-electron chi connectivity index (χ0n) is 21.7. The molecule has 0 aliphatic carbocycles. The zero-order chi connectivity index (χ0) is 26.0. The SMILES string of the molecule is COc1ccc(COCc2cccc(NC(=O)NCCN3CCN(C(=O)OC(C)(C)C)CC3)c2)cc1. The molecule has 36 heavy (non-hydrogen) atoms. The first-order valence-corrected chi connectivity index (χ1v) is 12.3. The fourth-order valence-electron chi connectivity index (χ4n) is 3.73. The fraction of sp³-hybridized carbons (Fsp3) is 0.481. The molecule has 1 saturated heterocycles. The van der Waals surface area contributed by atoms with Crippen LogP contribution in [0, 0.1) is 0 Å². The van der Waals surface area contributed by atoms with Crippen molar-refractivity contribution in [3.8, 4) is 5.75 Å². The largest absolute Gasteiger partial charge is 0.497 e. The van der Waals surface area contributed by atoms with Gasteiger partial charge in [0.25, 0.3) is 0 Å². The molecule has 1 aliphatic rings. The van der Waals surface area contributed by atoms with E-state index in [0.717, 1.165) is 36.5 Å². The first kappa shape index (κ1) is 27.3. The number of nitrogens with zero attached hydrogens (tertiary/aromatic N) is 2. The van der Waals surface area contributed by atoms with E-state index in [0.29, 0.717) is 38.5 Å². The summed E-state index contributed by atoms with van der Waals surface area (Å²) in [7, 11) is 1.64. The molecule has 0 spiro atoms. The summed E-state index contributed by atoms with van der Waals surface area (Å²) in [5, 5.41) is 5.78. The number of nitrogens with one attached hydrogen (secondary N) is 2. The topological polar surface area (TPSA) is 92.4 Å². The maximum Gasteiger partial charge on any atom is 0.410 e. The van der Waals surface area contributed by atoms with Crippen molar-refractivity contribution in [1.29, 1.82) is 0 Å². The van der Waals surface area contributed by atoms with E-state index in [1.807, 2.05) is 69.3 Å². The van der Waals surface area contributed by atoms with Crippen LogP contribution in [0.2, 0.25) is 0 Å². The van der Waals surface area contributed by atoms with Crippen LogP contribution < -0.4 is 15.4 Å². The summed E-state index contributed by atoms with van der Waals surface area (Å²) in [4.78, 5) is 28.5. The van der Waals surface area contributed by atoms with Crippen molar-refractivity contribution in [3.05, 3.63) is 59.7 Å². The first-order chi connectivity index (χ1) is 17.2. The Morgan fingerprint density at radius 3 is 2.31 bits per heavy atom. The van der Waals surface area contributed by atoms with Crippen LogP contribution in [0.3, 0.4) is 0 Å². The summed E-state index contributed by atoms with van der Waals surface area (Å²) in [5.41, 5.74) is 2.26. The summed E-state index contributed by atoms with van der Waals surface area (Å²) >= 11 is 0. The van der Waals surface area contributed by atoms with Crippen LogP contribution in [-0.2, 0) is 22.7 Å². The van der Waals surface area contributed by atoms with E-state index in [-0.39, 0.29) is 12.1 Å². The molecule has 1 fully saturated rings. The molecule has 1 heterocycles. The Balaban J connectivity index is 1.33. The highest BCUT2D eigenvalue weighted by Gasteiger charge is 2.25. The number of rotatable bonds is 9. The predicted octanol–water partition coefficient (Wildman–Crippen LogP) is 4.09. The van der Waals surface area contributed by atoms with Gasteiger partial charge in [0.15, 0.2) is 0 Å². The molecular weight excluding hydrogens is 460 g/mol. The molecule has 0 aromatic heterocycles. The second kappa shape index (κ2) is 13.1. The standard InChI is InChI=1S/C27H38N4O5/c1-27(2,3)36-26(33)31-16-14-30(15-17-31)13-12-28-25(32)29-23-7-5-6-22(18-23)20-35-19-21-8-10-24(34-4)11-9-21/h5-11,18H,12-17,19-20H2,1-4H3,(H2,28,29,32). The Labute approximate surface area is 213 Å². The minimum absolute atomic E-state index is 0.251. The number of benzene rings is 2. The molecule has 2 N–H and O–H groups in total. The van der Waals surface area contributed by atoms with Crippen LogP contribution in [-0.4, -0.2) is 73.9 Å². The highest BCUT2D eigenvalue weighted by atomic mass is 16.6. The van der Waals surface area contributed by atoms with Gasteiger partial charge in [-0.1, -0.05) is 24.3 Å². The second-order valence-electron chi connectivity index (χ2n) is 9.73. The maximum atomic E-state index is 12.3. The third-order valence-electron chi connectivity index (χ3n) is 5.62. The summed E-state index contributed by atoms with van der Waals surface area (Å²) < 4.78 is 16.4. The van der Waals surface area contributed by atoms with Crippen molar-refractivity contribution in [2.24, 2.45) is 0 Å². The van der Waals surface area contributed by atoms with Crippen molar-refractivity contribution in [3.63, 3.8) is 0 Å². The van der Waals surface area contributed by atoms with Crippen LogP contribution >= 0.6 is 0 Å². The van der Waals surface area contributed by atoms with Crippen molar-refractivity contribution >= 4 is 17.8 Å². The number of piperazine rings is 1. The summed E-state index contributed by atoms with van der Waals surface area (Å²) in [5.74, 6) is 0.816. The Morgan fingerprint density at radius 1 is 0.944 bits per heavy atom. The van der Waals surface area contributed by atoms with Crippen LogP contribution in [0.15, 0.2) is 48.5 Å². The van der Waals surface area contributed by atoms with Crippen LogP contribution in [0.4, 0.5) is 15.3 Å². The van der Waals surface area contributed by atoms with Gasteiger partial charge in [-0.25, -0.2) is 9.59 Å². The number of urea groups is 1. The van der Waals surface area contributed by atoms with Crippen LogP contribution in [0.25, 0.3) is 0 Å². The van der Waals surface area contributed by atoms with Gasteiger partial charge in [-0.15, -0.1) is 0 Å². The average molecular weight is 499 g/mol. The highest BCUT2D eigenvalue weighted by molar-refractivity contribution is 5.89. The van der Waals surface area contributed by atoms with Crippen LogP contribution in [0.5, 0.6) is 5.75 Å². The molecule has 0 unspecified atom stereocenters. The Bertz CT molecular complexity index is 982. The second-order valence-corrected chi connectivity index (χ2v) is 9.73. The molecule has 0 radical (unpaired) electrons. The molecular formula is C27H38N4O5. The molecule has 1 aliphatic heterocycles. The molecule has 3 rings (SSSR count). The Hall–Kier alpha value is -3.30. The zero-order valence-corrected chi connectivity index (χ0v) is 21.7. The van der Waals surface area contributed by atoms with Gasteiger partial charge in [0, 0.05) is 45.0 Å². The molecule has 0 bridgehead atoms. The molecule has 0 atom stereocenters. The molecule has 2 aromatic carbocycles. The first-order valence-electron chi connectivity index (χ1n) is 12.3. The Morgan fingerprint density at radius 2 is 1.64 bits per heavy atom. The quantitative estimate of drug-likeness (QED) is 0.541. The van der Waals surface area contributed by atoms with Gasteiger partial charge in [0.1, 0.15) is 11.4 Å². The molecule has 196 valence electrons. The number of carbonyl (C=O) groups excluding carboxylic acids is 2. The summed E-state index contributed by atoms with van der Waals surface area (Å²) in [6.45, 7) is 10.5. The maximum absolute atomic E-state index is 12.3.